The van der Waals surface area contributed by atoms with Crippen molar-refractivity contribution in [3.63, 3.8) is 0 Å². The van der Waals surface area contributed by atoms with Gasteiger partial charge in [-0.05, 0) is 30.3 Å². The quantitative estimate of drug-likeness (QED) is 0.583. The first kappa shape index (κ1) is 19.1. The van der Waals surface area contributed by atoms with E-state index in [1.54, 1.807) is 42.7 Å². The van der Waals surface area contributed by atoms with Crippen LogP contribution in [0.4, 0.5) is 20.7 Å². The van der Waals surface area contributed by atoms with Gasteiger partial charge in [0.2, 0.25) is 0 Å². The van der Waals surface area contributed by atoms with Crippen molar-refractivity contribution in [3.8, 4) is 0 Å². The summed E-state index contributed by atoms with van der Waals surface area (Å²) >= 11 is 3.44. The summed E-state index contributed by atoms with van der Waals surface area (Å²) < 4.78 is 25.4. The Hall–Kier alpha value is -3.20. The molecule has 1 amide bonds. The Morgan fingerprint density at radius 3 is 3.00 bits per heavy atom. The van der Waals surface area contributed by atoms with Crippen LogP contribution >= 0.6 is 15.9 Å². The summed E-state index contributed by atoms with van der Waals surface area (Å²) in [6.45, 7) is 0.674. The van der Waals surface area contributed by atoms with E-state index in [1.165, 1.54) is 17.2 Å². The zero-order chi connectivity index (χ0) is 20.2. The lowest BCUT2D eigenvalue weighted by molar-refractivity contribution is 0.147. The number of ether oxygens (including phenoxy) is 1. The molecule has 29 heavy (non-hydrogen) atoms. The highest BCUT2D eigenvalue weighted by molar-refractivity contribution is 9.15. The molecule has 0 spiro atoms. The van der Waals surface area contributed by atoms with Crippen molar-refractivity contribution in [2.45, 2.75) is 6.10 Å². The zero-order valence-electron chi connectivity index (χ0n) is 15.1. The monoisotopic (exact) mass is 458 g/mol. The van der Waals surface area contributed by atoms with Gasteiger partial charge in [-0.2, -0.15) is 0 Å². The van der Waals surface area contributed by atoms with Crippen LogP contribution in [0.5, 0.6) is 0 Å². The molecule has 1 aromatic carbocycles. The van der Waals surface area contributed by atoms with E-state index in [1.807, 2.05) is 6.07 Å². The fraction of sp³-hybridized carbons (Fsp3) is 0.150. The lowest BCUT2D eigenvalue weighted by Crippen LogP contribution is -2.27. The van der Waals surface area contributed by atoms with E-state index < -0.39 is 11.9 Å². The van der Waals surface area contributed by atoms with Crippen molar-refractivity contribution in [3.05, 3.63) is 72.0 Å². The molecule has 3 heterocycles. The normalized spacial score (nSPS) is 16.8. The van der Waals surface area contributed by atoms with Gasteiger partial charge in [-0.25, -0.2) is 9.18 Å². The zero-order valence-corrected chi connectivity index (χ0v) is 16.7. The first-order valence-corrected chi connectivity index (χ1v) is 9.59. The maximum atomic E-state index is 14.6. The van der Waals surface area contributed by atoms with E-state index in [2.05, 4.69) is 31.4 Å². The van der Waals surface area contributed by atoms with Gasteiger partial charge in [0, 0.05) is 34.1 Å². The highest BCUT2D eigenvalue weighted by atomic mass is 79.9. The number of carbonyl (C=O) groups excluding carboxylic acids is 1. The predicted octanol–water partition coefficient (Wildman–Crippen LogP) is 4.54. The molecule has 9 heteroatoms. The van der Waals surface area contributed by atoms with E-state index in [0.29, 0.717) is 34.6 Å². The van der Waals surface area contributed by atoms with Gasteiger partial charge in [0.15, 0.2) is 5.82 Å². The van der Waals surface area contributed by atoms with Gasteiger partial charge in [-0.15, -0.1) is 0 Å². The molecule has 148 valence electrons. The number of pyridine rings is 1. The molecule has 4 rings (SSSR count). The Kier molecular flexibility index (Phi) is 5.57. The lowest BCUT2D eigenvalue weighted by atomic mass is 10.1. The van der Waals surface area contributed by atoms with E-state index in [4.69, 9.17) is 9.26 Å². The Bertz CT molecular complexity index is 1030. The number of halogens is 2. The van der Waals surface area contributed by atoms with Crippen molar-refractivity contribution >= 4 is 44.1 Å². The largest absolute Gasteiger partial charge is 0.442 e. The van der Waals surface area contributed by atoms with Crippen molar-refractivity contribution in [1.82, 2.24) is 10.1 Å². The van der Waals surface area contributed by atoms with Crippen LogP contribution < -0.4 is 10.2 Å². The molecule has 0 unspecified atom stereocenters. The van der Waals surface area contributed by atoms with Gasteiger partial charge >= 0.3 is 6.09 Å². The molecule has 3 aromatic rings. The minimum absolute atomic E-state index is 0.303. The van der Waals surface area contributed by atoms with Gasteiger partial charge in [0.05, 0.1) is 18.8 Å². The van der Waals surface area contributed by atoms with Gasteiger partial charge < -0.3 is 14.6 Å². The molecule has 1 aliphatic heterocycles. The molecular weight excluding hydrogens is 443 g/mol. The van der Waals surface area contributed by atoms with Crippen LogP contribution in [0.25, 0.3) is 10.6 Å². The van der Waals surface area contributed by atoms with Crippen LogP contribution in [0.15, 0.2) is 59.6 Å². The first-order valence-electron chi connectivity index (χ1n) is 8.80. The van der Waals surface area contributed by atoms with Crippen LogP contribution in [0.3, 0.4) is 0 Å². The second kappa shape index (κ2) is 8.44. The van der Waals surface area contributed by atoms with Crippen molar-refractivity contribution in [2.75, 3.05) is 23.3 Å². The van der Waals surface area contributed by atoms with E-state index in [9.17, 15) is 9.18 Å². The summed E-state index contributed by atoms with van der Waals surface area (Å²) in [7, 11) is 0. The van der Waals surface area contributed by atoms with Crippen LogP contribution in [0, 0.1) is 5.82 Å². The fourth-order valence-electron chi connectivity index (χ4n) is 2.89. The number of amides is 1. The summed E-state index contributed by atoms with van der Waals surface area (Å²) in [6, 6.07) is 9.97. The number of hydrogen-bond acceptors (Lipinski definition) is 6. The predicted molar refractivity (Wildman–Crippen MR) is 110 cm³/mol. The molecule has 0 bridgehead atoms. The maximum absolute atomic E-state index is 14.6. The Labute approximate surface area is 174 Å². The van der Waals surface area contributed by atoms with Crippen LogP contribution in [0.2, 0.25) is 0 Å². The van der Waals surface area contributed by atoms with Crippen molar-refractivity contribution in [1.29, 1.82) is 0 Å². The lowest BCUT2D eigenvalue weighted by Gasteiger charge is -2.14. The topological polar surface area (TPSA) is 80.5 Å². The average molecular weight is 459 g/mol. The molecule has 1 atom stereocenters. The number of nitrogens with one attached hydrogen (secondary N) is 1. The molecule has 1 aliphatic rings. The number of rotatable bonds is 6. The van der Waals surface area contributed by atoms with Gasteiger partial charge in [0.25, 0.3) is 0 Å². The number of cyclic esters (lactones) is 1. The summed E-state index contributed by atoms with van der Waals surface area (Å²) in [5.74, 6) is 0.112. The number of anilines is 2. The number of aromatic nitrogens is 2. The van der Waals surface area contributed by atoms with Crippen LogP contribution in [-0.2, 0) is 4.74 Å². The third-order valence-corrected chi connectivity index (χ3v) is 5.02. The number of hydrogen-bond donors (Lipinski definition) is 1. The third kappa shape index (κ3) is 4.45. The fourth-order valence-corrected chi connectivity index (χ4v) is 3.37. The van der Waals surface area contributed by atoms with E-state index in [-0.39, 0.29) is 6.10 Å². The minimum Gasteiger partial charge on any atom is -0.442 e. The second-order valence-corrected chi connectivity index (χ2v) is 7.18. The van der Waals surface area contributed by atoms with E-state index >= 15 is 0 Å². The first-order chi connectivity index (χ1) is 14.1. The SMILES string of the molecule is O=C1O[C@@H](CNc2ccon2)CN1c1ccc(C=C(Br)c2cccnc2)c(F)c1. The van der Waals surface area contributed by atoms with E-state index in [0.717, 1.165) is 5.56 Å². The Morgan fingerprint density at radius 2 is 2.28 bits per heavy atom. The molecule has 1 saturated heterocycles. The third-order valence-electron chi connectivity index (χ3n) is 4.34. The molecule has 1 N–H and O–H groups in total. The molecule has 1 fully saturated rings. The summed E-state index contributed by atoms with van der Waals surface area (Å²) in [5, 5.41) is 6.75. The highest BCUT2D eigenvalue weighted by Gasteiger charge is 2.32. The molecular formula is C20H16BrFN4O3. The van der Waals surface area contributed by atoms with Crippen molar-refractivity contribution in [2.24, 2.45) is 0 Å². The standard InChI is InChI=1S/C20H16BrFN4O3/c21-17(14-2-1-6-23-10-14)8-13-3-4-15(9-18(13)22)26-12-16(29-20(26)27)11-24-19-5-7-28-25-19/h1-10,16H,11-12H2,(H,24,25)/t16-/m0/s1. The van der Waals surface area contributed by atoms with Gasteiger partial charge in [-0.3, -0.25) is 9.88 Å². The van der Waals surface area contributed by atoms with Crippen LogP contribution in [-0.4, -0.2) is 35.4 Å². The summed E-state index contributed by atoms with van der Waals surface area (Å²) in [6.07, 6.45) is 5.56. The molecule has 0 radical (unpaired) electrons. The van der Waals surface area contributed by atoms with Gasteiger partial charge in [0.1, 0.15) is 18.2 Å². The van der Waals surface area contributed by atoms with Crippen LogP contribution in [0.1, 0.15) is 11.1 Å². The summed E-state index contributed by atoms with van der Waals surface area (Å²) in [4.78, 5) is 17.6. The number of benzene rings is 1. The maximum Gasteiger partial charge on any atom is 0.414 e. The molecule has 2 aromatic heterocycles. The Morgan fingerprint density at radius 1 is 1.38 bits per heavy atom. The molecule has 7 nitrogen and oxygen atoms in total. The summed E-state index contributed by atoms with van der Waals surface area (Å²) in [5.41, 5.74) is 1.66. The Balaban J connectivity index is 1.45. The smallest absolute Gasteiger partial charge is 0.414 e. The van der Waals surface area contributed by atoms with Crippen molar-refractivity contribution < 1.29 is 18.4 Å². The second-order valence-electron chi connectivity index (χ2n) is 6.32. The number of carbonyl (C=O) groups is 1. The minimum atomic E-state index is -0.517. The number of nitrogens with zero attached hydrogens (tertiary/aromatic N) is 3. The average Bonchev–Trinajstić information content (AvgIpc) is 3.38. The highest BCUT2D eigenvalue weighted by Crippen LogP contribution is 2.28. The van der Waals surface area contributed by atoms with Gasteiger partial charge in [-0.1, -0.05) is 27.2 Å². The molecule has 0 aliphatic carbocycles. The molecule has 0 saturated carbocycles.